The minimum absolute atomic E-state index is 0.136. The number of nitrogen functional groups attached to an aromatic ring is 1. The van der Waals surface area contributed by atoms with Crippen molar-refractivity contribution in [3.63, 3.8) is 0 Å². The van der Waals surface area contributed by atoms with Crippen LogP contribution in [0.5, 0.6) is 0 Å². The van der Waals surface area contributed by atoms with E-state index in [0.717, 1.165) is 38.8 Å². The van der Waals surface area contributed by atoms with Gasteiger partial charge in [-0.2, -0.15) is 10.4 Å². The number of carbonyl (C=O) groups is 2. The molecule has 1 aliphatic rings. The summed E-state index contributed by atoms with van der Waals surface area (Å²) in [4.78, 5) is 24.7. The fourth-order valence-corrected chi connectivity index (χ4v) is 5.14. The maximum absolute atomic E-state index is 11.3. The number of nitrogens with two attached hydrogens (primary N) is 3. The van der Waals surface area contributed by atoms with E-state index in [-0.39, 0.29) is 11.5 Å². The lowest BCUT2D eigenvalue weighted by Gasteiger charge is -2.24. The molecule has 0 radical (unpaired) electrons. The zero-order valence-electron chi connectivity index (χ0n) is 29.0. The number of ether oxygens (including phenoxy) is 1. The van der Waals surface area contributed by atoms with Crippen LogP contribution in [0.15, 0.2) is 18.5 Å². The molecule has 0 aromatic carbocycles. The predicted molar refractivity (Wildman–Crippen MR) is 182 cm³/mol. The van der Waals surface area contributed by atoms with Crippen LogP contribution in [0, 0.1) is 23.2 Å². The van der Waals surface area contributed by atoms with Crippen molar-refractivity contribution in [2.75, 3.05) is 25.4 Å². The van der Waals surface area contributed by atoms with E-state index in [1.54, 1.807) is 19.9 Å². The zero-order valence-corrected chi connectivity index (χ0v) is 29.9. The van der Waals surface area contributed by atoms with E-state index in [0.29, 0.717) is 17.4 Å². The number of nitrogens with zero attached hydrogens (tertiary/aromatic N) is 4. The molecule has 0 bridgehead atoms. The number of fused-ring (bicyclic) bond motifs is 1. The molecule has 19 heteroatoms. The highest BCUT2D eigenvalue weighted by Crippen LogP contribution is 2.41. The smallest absolute Gasteiger partial charge is 0.335 e. The number of nitriles is 1. The van der Waals surface area contributed by atoms with Gasteiger partial charge >= 0.3 is 19.6 Å². The number of anilines is 1. The van der Waals surface area contributed by atoms with Crippen LogP contribution in [0.1, 0.15) is 72.9 Å². The average molecular weight is 716 g/mol. The van der Waals surface area contributed by atoms with Crippen LogP contribution in [-0.4, -0.2) is 97.1 Å². The van der Waals surface area contributed by atoms with Crippen LogP contribution in [0.3, 0.4) is 0 Å². The van der Waals surface area contributed by atoms with Crippen molar-refractivity contribution in [1.29, 1.82) is 5.26 Å². The van der Waals surface area contributed by atoms with Crippen molar-refractivity contribution >= 4 is 30.9 Å². The molecule has 0 amide bonds. The van der Waals surface area contributed by atoms with E-state index in [4.69, 9.17) is 36.2 Å². The minimum atomic E-state index is -3.82. The molecule has 0 aliphatic carbocycles. The summed E-state index contributed by atoms with van der Waals surface area (Å²) in [6, 6.07) is 4.02. The van der Waals surface area contributed by atoms with Crippen molar-refractivity contribution in [2.24, 2.45) is 22.8 Å². The average Bonchev–Trinajstić information content (AvgIpc) is 3.61. The number of carboxylic acids is 2. The highest BCUT2D eigenvalue weighted by Gasteiger charge is 2.57. The molecule has 1 saturated heterocycles. The normalized spacial score (nSPS) is 21.7. The first-order chi connectivity index (χ1) is 22.9. The lowest BCUT2D eigenvalue weighted by molar-refractivity contribution is -0.140. The summed E-state index contributed by atoms with van der Waals surface area (Å²) in [5, 5.41) is 57.4. The van der Waals surface area contributed by atoms with Crippen LogP contribution in [0.25, 0.3) is 5.52 Å². The molecule has 3 rings (SSSR count). The number of hydrogen-bond donors (Lipinski definition) is 9. The molecular formula is C30H54N9O9P. The number of nitrogens with one attached hydrogen (secondary N) is 2. The summed E-state index contributed by atoms with van der Waals surface area (Å²) < 4.78 is 22.9. The fourth-order valence-electron chi connectivity index (χ4n) is 4.76. The summed E-state index contributed by atoms with van der Waals surface area (Å²) >= 11 is 0. The minimum Gasteiger partial charge on any atom is -0.480 e. The molecule has 278 valence electrons. The van der Waals surface area contributed by atoms with E-state index in [1.165, 1.54) is 16.9 Å². The second-order valence-corrected chi connectivity index (χ2v) is 13.4. The molecule has 12 N–H and O–H groups in total. The molecule has 0 saturated carbocycles. The van der Waals surface area contributed by atoms with E-state index in [2.05, 4.69) is 48.4 Å². The van der Waals surface area contributed by atoms with E-state index < -0.39 is 62.2 Å². The monoisotopic (exact) mass is 715 g/mol. The number of aromatic nitrogens is 3. The largest absolute Gasteiger partial charge is 0.480 e. The standard InChI is InChI=1S/C12H16N7O5P.2C9H19NO2/c13-4-12(8-2-1-6-11(14)17-5-18-19(6)8)10(21)9(20)7(24-12)3-23-25(15,16)22;2*1-4-8(5-2)6-10-7(3)9(11)12/h1-2,5,7,9-10,20-21H,3H2,(H2,14,17,18)(H4,15,16,22);2*7-8,10H,4-6H2,1-3H3,(H,11,12)/t7-,9-,10-,12+;2*7-/m100/s1. The van der Waals surface area contributed by atoms with Crippen molar-refractivity contribution in [3.05, 3.63) is 24.2 Å². The summed E-state index contributed by atoms with van der Waals surface area (Å²) in [6.07, 6.45) is 1.25. The van der Waals surface area contributed by atoms with Gasteiger partial charge in [-0.15, -0.1) is 0 Å². The molecule has 0 spiro atoms. The Kier molecular flexibility index (Phi) is 18.3. The van der Waals surface area contributed by atoms with Crippen LogP contribution < -0.4 is 27.4 Å². The Labute approximate surface area is 286 Å². The Bertz CT molecular complexity index is 1380. The predicted octanol–water partition coefficient (Wildman–Crippen LogP) is 1.16. The Hall–Kier alpha value is -3.24. The van der Waals surface area contributed by atoms with Crippen molar-refractivity contribution in [1.82, 2.24) is 25.2 Å². The number of rotatable bonds is 16. The van der Waals surface area contributed by atoms with Crippen LogP contribution in [0.4, 0.5) is 5.82 Å². The van der Waals surface area contributed by atoms with Crippen LogP contribution in [0.2, 0.25) is 0 Å². The van der Waals surface area contributed by atoms with Gasteiger partial charge < -0.3 is 46.1 Å². The topological polar surface area (TPSA) is 307 Å². The third-order valence-corrected chi connectivity index (χ3v) is 8.96. The third kappa shape index (κ3) is 12.9. The number of aliphatic carboxylic acids is 2. The van der Waals surface area contributed by atoms with Gasteiger partial charge in [0.25, 0.3) is 0 Å². The summed E-state index contributed by atoms with van der Waals surface area (Å²) in [7, 11) is -3.82. The Morgan fingerprint density at radius 2 is 1.53 bits per heavy atom. The Morgan fingerprint density at radius 3 is 1.94 bits per heavy atom. The molecule has 49 heavy (non-hydrogen) atoms. The second kappa shape index (κ2) is 20.4. The Morgan fingerprint density at radius 1 is 1.04 bits per heavy atom. The summed E-state index contributed by atoms with van der Waals surface area (Å²) in [6.45, 7) is 13.0. The van der Waals surface area contributed by atoms with Gasteiger partial charge in [-0.3, -0.25) is 14.2 Å². The first kappa shape index (κ1) is 43.8. The van der Waals surface area contributed by atoms with Crippen LogP contribution >= 0.6 is 7.67 Å². The number of hydrogen-bond acceptors (Lipinski definition) is 13. The lowest BCUT2D eigenvalue weighted by Crippen LogP contribution is -2.41. The molecule has 18 nitrogen and oxygen atoms in total. The van der Waals surface area contributed by atoms with E-state index in [1.807, 2.05) is 6.07 Å². The molecule has 2 aromatic rings. The van der Waals surface area contributed by atoms with Crippen molar-refractivity contribution < 1.29 is 43.8 Å². The van der Waals surface area contributed by atoms with Gasteiger partial charge in [0, 0.05) is 0 Å². The SMILES string of the molecule is CCC(CC)CN[C@@H](C)C(=O)O.CCC(CC)CN[C@@H](C)C(=O)O.N#C[C@@]1(c2ccc3c(N)ncnn23)O[C@H](COP(N)(N)=O)[C@@H](O)[C@H]1O. The van der Waals surface area contributed by atoms with Gasteiger partial charge in [0.05, 0.1) is 12.3 Å². The first-order valence-corrected chi connectivity index (χ1v) is 18.0. The maximum atomic E-state index is 11.3. The first-order valence-electron chi connectivity index (χ1n) is 16.2. The van der Waals surface area contributed by atoms with Crippen molar-refractivity contribution in [3.8, 4) is 6.07 Å². The van der Waals surface area contributed by atoms with Gasteiger partial charge in [-0.25, -0.2) is 20.5 Å². The fraction of sp³-hybridized carbons (Fsp3) is 0.700. The maximum Gasteiger partial charge on any atom is 0.335 e. The third-order valence-electron chi connectivity index (χ3n) is 8.40. The lowest BCUT2D eigenvalue weighted by atomic mass is 9.92. The number of aliphatic hydroxyl groups is 2. The van der Waals surface area contributed by atoms with Gasteiger partial charge in [0.1, 0.15) is 48.3 Å². The van der Waals surface area contributed by atoms with Crippen LogP contribution in [-0.2, 0) is 29.0 Å². The molecular weight excluding hydrogens is 661 g/mol. The second-order valence-electron chi connectivity index (χ2n) is 11.8. The van der Waals surface area contributed by atoms with E-state index >= 15 is 0 Å². The van der Waals surface area contributed by atoms with Gasteiger partial charge in [-0.05, 0) is 50.9 Å². The molecule has 1 aliphatic heterocycles. The van der Waals surface area contributed by atoms with Gasteiger partial charge in [0.2, 0.25) is 5.60 Å². The summed E-state index contributed by atoms with van der Waals surface area (Å²) in [5.41, 5.74) is 14.5. The zero-order chi connectivity index (χ0) is 37.5. The van der Waals surface area contributed by atoms with Gasteiger partial charge in [-0.1, -0.05) is 53.4 Å². The summed E-state index contributed by atoms with van der Waals surface area (Å²) in [5.74, 6) is -0.185. The Balaban J connectivity index is 0.000000421. The molecule has 1 fully saturated rings. The highest BCUT2D eigenvalue weighted by atomic mass is 31.2. The number of carboxylic acid groups (broad SMARTS) is 2. The quantitative estimate of drug-likeness (QED) is 0.110. The molecule has 0 unspecified atom stereocenters. The van der Waals surface area contributed by atoms with E-state index in [9.17, 15) is 29.6 Å². The molecule has 6 atom stereocenters. The molecule has 3 heterocycles. The molecule has 2 aromatic heterocycles. The number of aliphatic hydroxyl groups excluding tert-OH is 2. The van der Waals surface area contributed by atoms with Gasteiger partial charge in [0.15, 0.2) is 5.82 Å². The van der Waals surface area contributed by atoms with Crippen molar-refractivity contribution in [2.45, 2.75) is 103 Å². The highest BCUT2D eigenvalue weighted by molar-refractivity contribution is 7.53.